The lowest BCUT2D eigenvalue weighted by Crippen LogP contribution is -2.14. The van der Waals surface area contributed by atoms with Gasteiger partial charge in [-0.05, 0) is 43.2 Å². The van der Waals surface area contributed by atoms with Crippen molar-refractivity contribution in [2.75, 3.05) is 11.1 Å². The van der Waals surface area contributed by atoms with Gasteiger partial charge in [-0.2, -0.15) is 0 Å². The van der Waals surface area contributed by atoms with Gasteiger partial charge in [0.25, 0.3) is 5.91 Å². The summed E-state index contributed by atoms with van der Waals surface area (Å²) < 4.78 is 0. The fraction of sp³-hybridized carbons (Fsp3) is 0.133. The zero-order valence-electron chi connectivity index (χ0n) is 11.1. The molecule has 0 saturated carbocycles. The molecule has 0 fully saturated rings. The zero-order chi connectivity index (χ0) is 14.9. The highest BCUT2D eigenvalue weighted by Crippen LogP contribution is 2.27. The topological polar surface area (TPSA) is 55.1 Å². The summed E-state index contributed by atoms with van der Waals surface area (Å²) in [4.78, 5) is 12.2. The highest BCUT2D eigenvalue weighted by Gasteiger charge is 2.14. The van der Waals surface area contributed by atoms with Gasteiger partial charge in [0.2, 0.25) is 0 Å². The third-order valence-corrected chi connectivity index (χ3v) is 3.88. The summed E-state index contributed by atoms with van der Waals surface area (Å²) in [6.45, 7) is 3.82. The Bertz CT molecular complexity index is 684. The van der Waals surface area contributed by atoms with E-state index in [4.69, 9.17) is 28.9 Å². The first kappa shape index (κ1) is 14.7. The fourth-order valence-corrected chi connectivity index (χ4v) is 2.26. The highest BCUT2D eigenvalue weighted by molar-refractivity contribution is 6.44. The number of hydrogen-bond acceptors (Lipinski definition) is 2. The fourth-order valence-electron chi connectivity index (χ4n) is 1.87. The molecule has 2 rings (SSSR count). The van der Waals surface area contributed by atoms with Crippen LogP contribution in [0, 0.1) is 13.8 Å². The van der Waals surface area contributed by atoms with Gasteiger partial charge < -0.3 is 11.1 Å². The standard InChI is InChI=1S/C15H14Cl2N2O/c1-8-6-9(2)13(7-12(8)18)19-15(20)10-4-3-5-11(16)14(10)17/h3-7H,18H2,1-2H3,(H,19,20). The van der Waals surface area contributed by atoms with Gasteiger partial charge in [-0.15, -0.1) is 0 Å². The molecule has 2 aromatic carbocycles. The Morgan fingerprint density at radius 2 is 1.85 bits per heavy atom. The number of rotatable bonds is 2. The summed E-state index contributed by atoms with van der Waals surface area (Å²) in [5, 5.41) is 3.39. The van der Waals surface area contributed by atoms with Crippen molar-refractivity contribution in [2.45, 2.75) is 13.8 Å². The molecular formula is C15H14Cl2N2O. The summed E-state index contributed by atoms with van der Waals surface area (Å²) >= 11 is 11.9. The average molecular weight is 309 g/mol. The molecule has 2 aromatic rings. The monoisotopic (exact) mass is 308 g/mol. The number of amides is 1. The number of aryl methyl sites for hydroxylation is 2. The molecule has 0 aliphatic heterocycles. The highest BCUT2D eigenvalue weighted by atomic mass is 35.5. The Morgan fingerprint density at radius 3 is 2.55 bits per heavy atom. The number of nitrogens with one attached hydrogen (secondary N) is 1. The molecule has 1 amide bonds. The molecule has 0 radical (unpaired) electrons. The molecule has 0 spiro atoms. The summed E-state index contributed by atoms with van der Waals surface area (Å²) in [6.07, 6.45) is 0. The van der Waals surface area contributed by atoms with Crippen molar-refractivity contribution in [3.8, 4) is 0 Å². The van der Waals surface area contributed by atoms with Crippen LogP contribution in [0.2, 0.25) is 10.0 Å². The van der Waals surface area contributed by atoms with Crippen LogP contribution < -0.4 is 11.1 Å². The van der Waals surface area contributed by atoms with E-state index in [1.54, 1.807) is 24.3 Å². The van der Waals surface area contributed by atoms with Crippen LogP contribution in [0.15, 0.2) is 30.3 Å². The number of carbonyl (C=O) groups excluding carboxylic acids is 1. The van der Waals surface area contributed by atoms with Crippen LogP contribution >= 0.6 is 23.2 Å². The van der Waals surface area contributed by atoms with Crippen LogP contribution in [0.4, 0.5) is 11.4 Å². The minimum absolute atomic E-state index is 0.240. The molecule has 0 unspecified atom stereocenters. The van der Waals surface area contributed by atoms with Crippen LogP contribution in [0.5, 0.6) is 0 Å². The van der Waals surface area contributed by atoms with Gasteiger partial charge in [-0.25, -0.2) is 0 Å². The van der Waals surface area contributed by atoms with Crippen LogP contribution in [-0.2, 0) is 0 Å². The molecule has 0 aromatic heterocycles. The number of halogens is 2. The quantitative estimate of drug-likeness (QED) is 0.806. The lowest BCUT2D eigenvalue weighted by atomic mass is 10.1. The van der Waals surface area contributed by atoms with E-state index >= 15 is 0 Å². The maximum Gasteiger partial charge on any atom is 0.257 e. The lowest BCUT2D eigenvalue weighted by molar-refractivity contribution is 0.102. The van der Waals surface area contributed by atoms with Gasteiger partial charge in [0.1, 0.15) is 0 Å². The van der Waals surface area contributed by atoms with Gasteiger partial charge in [-0.3, -0.25) is 4.79 Å². The lowest BCUT2D eigenvalue weighted by Gasteiger charge is -2.12. The van der Waals surface area contributed by atoms with Gasteiger partial charge >= 0.3 is 0 Å². The predicted octanol–water partition coefficient (Wildman–Crippen LogP) is 4.44. The van der Waals surface area contributed by atoms with Crippen LogP contribution in [0.1, 0.15) is 21.5 Å². The molecule has 5 heteroatoms. The second-order valence-electron chi connectivity index (χ2n) is 4.58. The molecule has 0 bridgehead atoms. The predicted molar refractivity (Wildman–Crippen MR) is 84.7 cm³/mol. The first-order valence-electron chi connectivity index (χ1n) is 6.02. The Hall–Kier alpha value is -1.71. The second-order valence-corrected chi connectivity index (χ2v) is 5.36. The maximum absolute atomic E-state index is 12.2. The van der Waals surface area contributed by atoms with E-state index in [1.165, 1.54) is 0 Å². The van der Waals surface area contributed by atoms with E-state index in [0.29, 0.717) is 22.0 Å². The van der Waals surface area contributed by atoms with Crippen molar-refractivity contribution in [3.05, 3.63) is 57.1 Å². The van der Waals surface area contributed by atoms with E-state index in [0.717, 1.165) is 11.1 Å². The Balaban J connectivity index is 2.33. The smallest absolute Gasteiger partial charge is 0.257 e. The van der Waals surface area contributed by atoms with Gasteiger partial charge in [0.15, 0.2) is 0 Å². The van der Waals surface area contributed by atoms with Crippen molar-refractivity contribution in [1.82, 2.24) is 0 Å². The molecule has 0 atom stereocenters. The molecule has 0 heterocycles. The number of benzene rings is 2. The zero-order valence-corrected chi connectivity index (χ0v) is 12.6. The average Bonchev–Trinajstić information content (AvgIpc) is 2.39. The molecule has 0 aliphatic rings. The number of nitrogens with two attached hydrogens (primary N) is 1. The summed E-state index contributed by atoms with van der Waals surface area (Å²) in [7, 11) is 0. The first-order chi connectivity index (χ1) is 9.40. The van der Waals surface area contributed by atoms with Crippen LogP contribution in [0.3, 0.4) is 0 Å². The van der Waals surface area contributed by atoms with E-state index < -0.39 is 0 Å². The molecule has 3 N–H and O–H groups in total. The third-order valence-electron chi connectivity index (χ3n) is 3.06. The van der Waals surface area contributed by atoms with Crippen molar-refractivity contribution >= 4 is 40.5 Å². The Kier molecular flexibility index (Phi) is 4.21. The molecule has 0 saturated heterocycles. The van der Waals surface area contributed by atoms with Gasteiger partial charge in [0.05, 0.1) is 15.6 Å². The molecule has 20 heavy (non-hydrogen) atoms. The molecular weight excluding hydrogens is 295 g/mol. The third kappa shape index (κ3) is 2.89. The van der Waals surface area contributed by atoms with E-state index in [2.05, 4.69) is 5.32 Å². The first-order valence-corrected chi connectivity index (χ1v) is 6.78. The van der Waals surface area contributed by atoms with Crippen LogP contribution in [0.25, 0.3) is 0 Å². The normalized spacial score (nSPS) is 10.4. The van der Waals surface area contributed by atoms with Crippen molar-refractivity contribution < 1.29 is 4.79 Å². The summed E-state index contributed by atoms with van der Waals surface area (Å²) in [5.74, 6) is -0.316. The number of hydrogen-bond donors (Lipinski definition) is 2. The summed E-state index contributed by atoms with van der Waals surface area (Å²) in [6, 6.07) is 8.59. The number of nitrogen functional groups attached to an aromatic ring is 1. The number of carbonyl (C=O) groups is 1. The largest absolute Gasteiger partial charge is 0.398 e. The molecule has 3 nitrogen and oxygen atoms in total. The SMILES string of the molecule is Cc1cc(C)c(NC(=O)c2cccc(Cl)c2Cl)cc1N. The van der Waals surface area contributed by atoms with Gasteiger partial charge in [0, 0.05) is 11.4 Å². The minimum atomic E-state index is -0.316. The number of anilines is 2. The van der Waals surface area contributed by atoms with Gasteiger partial charge in [-0.1, -0.05) is 35.3 Å². The molecule has 104 valence electrons. The van der Waals surface area contributed by atoms with E-state index in [-0.39, 0.29) is 10.9 Å². The summed E-state index contributed by atoms with van der Waals surface area (Å²) in [5.41, 5.74) is 9.39. The minimum Gasteiger partial charge on any atom is -0.398 e. The van der Waals surface area contributed by atoms with Crippen molar-refractivity contribution in [2.24, 2.45) is 0 Å². The van der Waals surface area contributed by atoms with Crippen molar-refractivity contribution in [1.29, 1.82) is 0 Å². The van der Waals surface area contributed by atoms with E-state index in [1.807, 2.05) is 19.9 Å². The Morgan fingerprint density at radius 1 is 1.15 bits per heavy atom. The molecule has 0 aliphatic carbocycles. The van der Waals surface area contributed by atoms with Crippen molar-refractivity contribution in [3.63, 3.8) is 0 Å². The second kappa shape index (κ2) is 5.73. The Labute approximate surface area is 127 Å². The van der Waals surface area contributed by atoms with Crippen LogP contribution in [-0.4, -0.2) is 5.91 Å². The van der Waals surface area contributed by atoms with E-state index in [9.17, 15) is 4.79 Å². The maximum atomic E-state index is 12.2.